The molecular formula is C14H17FN2O2. The molecule has 2 saturated heterocycles. The molecule has 2 fully saturated rings. The van der Waals surface area contributed by atoms with E-state index in [2.05, 4.69) is 5.32 Å². The molecule has 1 atom stereocenters. The molecule has 1 aromatic carbocycles. The second kappa shape index (κ2) is 5.27. The number of carbonyl (C=O) groups is 1. The summed E-state index contributed by atoms with van der Waals surface area (Å²) in [6, 6.07) is 6.76. The minimum atomic E-state index is -0.350. The summed E-state index contributed by atoms with van der Waals surface area (Å²) >= 11 is 0. The lowest BCUT2D eigenvalue weighted by Crippen LogP contribution is -2.43. The Morgan fingerprint density at radius 2 is 2.00 bits per heavy atom. The van der Waals surface area contributed by atoms with Crippen LogP contribution in [-0.2, 0) is 9.53 Å². The van der Waals surface area contributed by atoms with Crippen molar-refractivity contribution in [1.29, 1.82) is 0 Å². The fraction of sp³-hybridized carbons (Fsp3) is 0.500. The van der Waals surface area contributed by atoms with Gasteiger partial charge in [0.05, 0.1) is 6.54 Å². The highest BCUT2D eigenvalue weighted by Gasteiger charge is 2.38. The van der Waals surface area contributed by atoms with E-state index in [1.54, 1.807) is 23.1 Å². The maximum Gasteiger partial charge on any atom is 0.238 e. The van der Waals surface area contributed by atoms with Crippen molar-refractivity contribution < 1.29 is 13.9 Å². The zero-order chi connectivity index (χ0) is 13.2. The third-order valence-electron chi connectivity index (χ3n) is 3.80. The first kappa shape index (κ1) is 12.6. The van der Waals surface area contributed by atoms with Crippen LogP contribution in [0.5, 0.6) is 0 Å². The molecule has 102 valence electrons. The lowest BCUT2D eigenvalue weighted by molar-refractivity contribution is -0.132. The van der Waals surface area contributed by atoms with Gasteiger partial charge in [-0.15, -0.1) is 0 Å². The lowest BCUT2D eigenvalue weighted by atomic mass is 10.0. The third kappa shape index (κ3) is 2.35. The molecule has 0 aromatic heterocycles. The summed E-state index contributed by atoms with van der Waals surface area (Å²) in [4.78, 5) is 13.9. The molecule has 1 aromatic rings. The van der Waals surface area contributed by atoms with Gasteiger partial charge in [-0.05, 0) is 18.9 Å². The minimum Gasteiger partial charge on any atom is -0.381 e. The summed E-state index contributed by atoms with van der Waals surface area (Å²) in [5.41, 5.74) is 0.542. The molecule has 1 unspecified atom stereocenters. The number of nitrogens with one attached hydrogen (secondary N) is 1. The first-order chi connectivity index (χ1) is 9.27. The van der Waals surface area contributed by atoms with Crippen LogP contribution in [0.25, 0.3) is 0 Å². The van der Waals surface area contributed by atoms with Gasteiger partial charge in [-0.2, -0.15) is 0 Å². The van der Waals surface area contributed by atoms with Crippen LogP contribution >= 0.6 is 0 Å². The number of rotatable bonds is 2. The van der Waals surface area contributed by atoms with E-state index >= 15 is 0 Å². The van der Waals surface area contributed by atoms with Gasteiger partial charge in [0.2, 0.25) is 5.91 Å². The van der Waals surface area contributed by atoms with Crippen LogP contribution in [0.2, 0.25) is 0 Å². The van der Waals surface area contributed by atoms with Gasteiger partial charge in [0.1, 0.15) is 12.0 Å². The predicted molar refractivity (Wildman–Crippen MR) is 67.8 cm³/mol. The van der Waals surface area contributed by atoms with E-state index in [4.69, 9.17) is 4.74 Å². The molecule has 0 radical (unpaired) electrons. The number of hydrogen-bond donors (Lipinski definition) is 1. The maximum absolute atomic E-state index is 13.9. The predicted octanol–water partition coefficient (Wildman–Crippen LogP) is 1.44. The summed E-state index contributed by atoms with van der Waals surface area (Å²) in [6.45, 7) is 1.60. The zero-order valence-electron chi connectivity index (χ0n) is 10.6. The van der Waals surface area contributed by atoms with Crippen molar-refractivity contribution in [1.82, 2.24) is 10.2 Å². The monoisotopic (exact) mass is 264 g/mol. The minimum absolute atomic E-state index is 0.0418. The van der Waals surface area contributed by atoms with Gasteiger partial charge in [0.15, 0.2) is 0 Å². The van der Waals surface area contributed by atoms with E-state index in [1.807, 2.05) is 0 Å². The van der Waals surface area contributed by atoms with Crippen molar-refractivity contribution in [2.45, 2.75) is 25.0 Å². The van der Waals surface area contributed by atoms with Gasteiger partial charge >= 0.3 is 0 Å². The van der Waals surface area contributed by atoms with Gasteiger partial charge in [-0.1, -0.05) is 18.2 Å². The number of hydrogen-bond acceptors (Lipinski definition) is 3. The molecule has 1 amide bonds. The Morgan fingerprint density at radius 3 is 2.74 bits per heavy atom. The largest absolute Gasteiger partial charge is 0.381 e. The molecule has 3 rings (SSSR count). The summed E-state index contributed by atoms with van der Waals surface area (Å²) in [7, 11) is 0. The van der Waals surface area contributed by atoms with Crippen molar-refractivity contribution in [3.05, 3.63) is 35.6 Å². The standard InChI is InChI=1S/C14H17FN2O2/c15-12-4-2-1-3-11(12)14-16-9-13(18)17(14)10-5-7-19-8-6-10/h1-4,10,14,16H,5-9H2. The van der Waals surface area contributed by atoms with Crippen LogP contribution in [0.1, 0.15) is 24.6 Å². The van der Waals surface area contributed by atoms with Crippen LogP contribution < -0.4 is 5.32 Å². The Labute approximate surface area is 111 Å². The molecule has 0 spiro atoms. The van der Waals surface area contributed by atoms with Crippen LogP contribution in [0.3, 0.4) is 0 Å². The fourth-order valence-corrected chi connectivity index (χ4v) is 2.85. The first-order valence-corrected chi connectivity index (χ1v) is 6.64. The van der Waals surface area contributed by atoms with Crippen molar-refractivity contribution >= 4 is 5.91 Å². The Balaban J connectivity index is 1.87. The lowest BCUT2D eigenvalue weighted by Gasteiger charge is -2.35. The Kier molecular flexibility index (Phi) is 3.48. The normalized spacial score (nSPS) is 25.0. The van der Waals surface area contributed by atoms with E-state index in [0.29, 0.717) is 18.8 Å². The number of benzene rings is 1. The SMILES string of the molecule is O=C1CNC(c2ccccc2F)N1C1CCOCC1. The maximum atomic E-state index is 13.9. The second-order valence-corrected chi connectivity index (χ2v) is 4.95. The molecule has 0 aliphatic carbocycles. The topological polar surface area (TPSA) is 41.6 Å². The summed E-state index contributed by atoms with van der Waals surface area (Å²) < 4.78 is 19.2. The van der Waals surface area contributed by atoms with Crippen LogP contribution in [0.4, 0.5) is 4.39 Å². The molecule has 0 bridgehead atoms. The number of halogens is 1. The molecule has 19 heavy (non-hydrogen) atoms. The number of ether oxygens (including phenoxy) is 1. The van der Waals surface area contributed by atoms with E-state index in [1.165, 1.54) is 6.07 Å². The van der Waals surface area contributed by atoms with E-state index < -0.39 is 0 Å². The fourth-order valence-electron chi connectivity index (χ4n) is 2.85. The van der Waals surface area contributed by atoms with Gasteiger partial charge in [-0.3, -0.25) is 10.1 Å². The van der Waals surface area contributed by atoms with Gasteiger partial charge in [-0.25, -0.2) is 4.39 Å². The summed E-state index contributed by atoms with van der Waals surface area (Å²) in [6.07, 6.45) is 1.29. The van der Waals surface area contributed by atoms with Crippen molar-refractivity contribution in [3.8, 4) is 0 Å². The molecular weight excluding hydrogens is 247 g/mol. The van der Waals surface area contributed by atoms with E-state index in [9.17, 15) is 9.18 Å². The van der Waals surface area contributed by atoms with Crippen molar-refractivity contribution in [2.24, 2.45) is 0 Å². The number of amides is 1. The third-order valence-corrected chi connectivity index (χ3v) is 3.80. The van der Waals surface area contributed by atoms with Crippen LogP contribution in [0, 0.1) is 5.82 Å². The molecule has 5 heteroatoms. The molecule has 2 aliphatic heterocycles. The van der Waals surface area contributed by atoms with E-state index in [0.717, 1.165) is 12.8 Å². The molecule has 2 aliphatic rings. The van der Waals surface area contributed by atoms with Crippen LogP contribution in [0.15, 0.2) is 24.3 Å². The summed E-state index contributed by atoms with van der Waals surface area (Å²) in [5.74, 6) is -0.230. The average molecular weight is 264 g/mol. The molecule has 1 N–H and O–H groups in total. The zero-order valence-corrected chi connectivity index (χ0v) is 10.6. The Bertz CT molecular complexity index is 474. The Hall–Kier alpha value is -1.46. The first-order valence-electron chi connectivity index (χ1n) is 6.64. The van der Waals surface area contributed by atoms with Gasteiger partial charge in [0, 0.05) is 24.8 Å². The Morgan fingerprint density at radius 1 is 1.26 bits per heavy atom. The molecule has 2 heterocycles. The van der Waals surface area contributed by atoms with Crippen LogP contribution in [-0.4, -0.2) is 36.6 Å². The highest BCUT2D eigenvalue weighted by atomic mass is 19.1. The highest BCUT2D eigenvalue weighted by Crippen LogP contribution is 2.29. The quantitative estimate of drug-likeness (QED) is 0.878. The van der Waals surface area contributed by atoms with Gasteiger partial charge in [0.25, 0.3) is 0 Å². The van der Waals surface area contributed by atoms with Crippen molar-refractivity contribution in [2.75, 3.05) is 19.8 Å². The molecule has 0 saturated carbocycles. The van der Waals surface area contributed by atoms with Gasteiger partial charge < -0.3 is 9.64 Å². The second-order valence-electron chi connectivity index (χ2n) is 4.95. The molecule has 4 nitrogen and oxygen atoms in total. The smallest absolute Gasteiger partial charge is 0.238 e. The summed E-state index contributed by atoms with van der Waals surface area (Å²) in [5, 5.41) is 3.11. The highest BCUT2D eigenvalue weighted by molar-refractivity contribution is 5.81. The number of carbonyl (C=O) groups excluding carboxylic acids is 1. The van der Waals surface area contributed by atoms with Crippen molar-refractivity contribution in [3.63, 3.8) is 0 Å². The average Bonchev–Trinajstić information content (AvgIpc) is 2.82. The van der Waals surface area contributed by atoms with E-state index in [-0.39, 0.29) is 30.5 Å². The number of nitrogens with zero attached hydrogens (tertiary/aromatic N) is 1.